The number of thioether (sulfide) groups is 2. The van der Waals surface area contributed by atoms with Crippen molar-refractivity contribution in [3.63, 3.8) is 0 Å². The fourth-order valence-electron chi connectivity index (χ4n) is 0.592. The maximum atomic E-state index is 10.4. The molecule has 0 atom stereocenters. The van der Waals surface area contributed by atoms with Crippen LogP contribution in [0.4, 0.5) is 0 Å². The highest BCUT2D eigenvalue weighted by Crippen LogP contribution is 2.05. The van der Waals surface area contributed by atoms with Crippen LogP contribution in [0.15, 0.2) is 12.0 Å². The van der Waals surface area contributed by atoms with E-state index >= 15 is 0 Å². The Hall–Kier alpha value is -0.0900. The van der Waals surface area contributed by atoms with Crippen LogP contribution >= 0.6 is 23.5 Å². The van der Waals surface area contributed by atoms with E-state index in [9.17, 15) is 4.79 Å². The Morgan fingerprint density at radius 2 is 2.25 bits per heavy atom. The topological polar surface area (TPSA) is 29.1 Å². The average Bonchev–Trinajstić information content (AvgIpc) is 2.02. The van der Waals surface area contributed by atoms with Crippen molar-refractivity contribution < 1.29 is 4.79 Å². The lowest BCUT2D eigenvalue weighted by Crippen LogP contribution is -2.22. The molecule has 0 aromatic rings. The summed E-state index contributed by atoms with van der Waals surface area (Å²) in [4.78, 5) is 10.4. The van der Waals surface area contributed by atoms with Crippen molar-refractivity contribution in [3.8, 4) is 0 Å². The molecule has 0 aliphatic rings. The van der Waals surface area contributed by atoms with Gasteiger partial charge in [0.25, 0.3) is 0 Å². The second-order valence-electron chi connectivity index (χ2n) is 2.13. The van der Waals surface area contributed by atoms with Crippen LogP contribution in [0, 0.1) is 0 Å². The summed E-state index contributed by atoms with van der Waals surface area (Å²) in [5.41, 5.74) is 0. The minimum absolute atomic E-state index is 0.0519. The van der Waals surface area contributed by atoms with Crippen LogP contribution < -0.4 is 5.32 Å². The standard InChI is InChI=1S/C8H15NOS2/c1-3-11-6-7-12-5-4-9-8(2)10/h3H,1,4-7H2,2H3,(H,9,10). The van der Waals surface area contributed by atoms with Gasteiger partial charge < -0.3 is 5.32 Å². The molecule has 0 bridgehead atoms. The molecule has 0 fully saturated rings. The lowest BCUT2D eigenvalue weighted by atomic mass is 10.6. The summed E-state index contributed by atoms with van der Waals surface area (Å²) in [6.45, 7) is 5.93. The van der Waals surface area contributed by atoms with Gasteiger partial charge in [0.2, 0.25) is 5.91 Å². The summed E-state index contributed by atoms with van der Waals surface area (Å²) >= 11 is 3.58. The van der Waals surface area contributed by atoms with Crippen LogP contribution in [0.5, 0.6) is 0 Å². The number of hydrogen-bond donors (Lipinski definition) is 1. The summed E-state index contributed by atoms with van der Waals surface area (Å²) in [6.07, 6.45) is 0. The molecule has 0 aliphatic heterocycles. The predicted molar refractivity (Wildman–Crippen MR) is 58.7 cm³/mol. The Labute approximate surface area is 82.6 Å². The highest BCUT2D eigenvalue weighted by molar-refractivity contribution is 8.04. The van der Waals surface area contributed by atoms with Gasteiger partial charge in [0.15, 0.2) is 0 Å². The van der Waals surface area contributed by atoms with Gasteiger partial charge in [0.1, 0.15) is 0 Å². The van der Waals surface area contributed by atoms with Gasteiger partial charge >= 0.3 is 0 Å². The molecular weight excluding hydrogens is 190 g/mol. The van der Waals surface area contributed by atoms with Crippen LogP contribution in [0.3, 0.4) is 0 Å². The molecule has 1 amide bonds. The molecule has 0 unspecified atom stereocenters. The van der Waals surface area contributed by atoms with E-state index in [1.807, 2.05) is 17.2 Å². The van der Waals surface area contributed by atoms with Crippen molar-refractivity contribution in [2.45, 2.75) is 6.92 Å². The fourth-order valence-corrected chi connectivity index (χ4v) is 2.07. The number of nitrogens with one attached hydrogen (secondary N) is 1. The maximum Gasteiger partial charge on any atom is 0.216 e. The summed E-state index contributed by atoms with van der Waals surface area (Å²) in [6, 6.07) is 0. The number of amides is 1. The lowest BCUT2D eigenvalue weighted by molar-refractivity contribution is -0.118. The van der Waals surface area contributed by atoms with E-state index in [0.717, 1.165) is 23.8 Å². The van der Waals surface area contributed by atoms with E-state index in [-0.39, 0.29) is 5.91 Å². The molecule has 2 nitrogen and oxygen atoms in total. The second-order valence-corrected chi connectivity index (χ2v) is 4.43. The first-order chi connectivity index (χ1) is 5.77. The third kappa shape index (κ3) is 9.91. The van der Waals surface area contributed by atoms with Gasteiger partial charge in [0.05, 0.1) is 0 Å². The molecule has 0 saturated heterocycles. The van der Waals surface area contributed by atoms with Crippen molar-refractivity contribution >= 4 is 29.4 Å². The van der Waals surface area contributed by atoms with E-state index in [1.54, 1.807) is 11.8 Å². The predicted octanol–water partition coefficient (Wildman–Crippen LogP) is 1.73. The average molecular weight is 205 g/mol. The molecule has 0 rings (SSSR count). The number of rotatable bonds is 7. The highest BCUT2D eigenvalue weighted by Gasteiger charge is 1.90. The third-order valence-corrected chi connectivity index (χ3v) is 3.00. The summed E-state index contributed by atoms with van der Waals surface area (Å²) in [7, 11) is 0. The van der Waals surface area contributed by atoms with E-state index in [1.165, 1.54) is 6.92 Å². The van der Waals surface area contributed by atoms with Crippen LogP contribution in [-0.2, 0) is 4.79 Å². The molecule has 0 aromatic heterocycles. The van der Waals surface area contributed by atoms with Gasteiger partial charge in [-0.2, -0.15) is 11.8 Å². The first kappa shape index (κ1) is 11.9. The number of carbonyl (C=O) groups is 1. The quantitative estimate of drug-likeness (QED) is 0.642. The van der Waals surface area contributed by atoms with Gasteiger partial charge in [-0.05, 0) is 5.41 Å². The van der Waals surface area contributed by atoms with E-state index < -0.39 is 0 Å². The Morgan fingerprint density at radius 1 is 1.50 bits per heavy atom. The van der Waals surface area contributed by atoms with Crippen LogP contribution in [0.25, 0.3) is 0 Å². The molecule has 12 heavy (non-hydrogen) atoms. The number of carbonyl (C=O) groups excluding carboxylic acids is 1. The minimum Gasteiger partial charge on any atom is -0.356 e. The first-order valence-electron chi connectivity index (χ1n) is 3.82. The molecule has 1 N–H and O–H groups in total. The summed E-state index contributed by atoms with van der Waals surface area (Å²) in [5, 5.41) is 4.61. The van der Waals surface area contributed by atoms with E-state index in [4.69, 9.17) is 0 Å². The second kappa shape index (κ2) is 9.00. The zero-order valence-corrected chi connectivity index (χ0v) is 8.97. The molecule has 4 heteroatoms. The van der Waals surface area contributed by atoms with Gasteiger partial charge in [0, 0.05) is 30.7 Å². The highest BCUT2D eigenvalue weighted by atomic mass is 32.2. The Bertz CT molecular complexity index is 139. The van der Waals surface area contributed by atoms with Crippen LogP contribution in [0.1, 0.15) is 6.92 Å². The van der Waals surface area contributed by atoms with Crippen molar-refractivity contribution in [2.24, 2.45) is 0 Å². The molecule has 0 heterocycles. The Morgan fingerprint density at radius 3 is 2.83 bits per heavy atom. The number of hydrogen-bond acceptors (Lipinski definition) is 3. The first-order valence-corrected chi connectivity index (χ1v) is 6.02. The molecule has 70 valence electrons. The van der Waals surface area contributed by atoms with E-state index in [2.05, 4.69) is 11.9 Å². The maximum absolute atomic E-state index is 10.4. The zero-order valence-electron chi connectivity index (χ0n) is 7.34. The Balaban J connectivity index is 2.90. The molecular formula is C8H15NOS2. The smallest absolute Gasteiger partial charge is 0.216 e. The lowest BCUT2D eigenvalue weighted by Gasteiger charge is -2.00. The Kier molecular flexibility index (Phi) is 8.93. The molecule has 0 radical (unpaired) electrons. The van der Waals surface area contributed by atoms with Gasteiger partial charge in [-0.3, -0.25) is 4.79 Å². The van der Waals surface area contributed by atoms with Gasteiger partial charge in [-0.1, -0.05) is 6.58 Å². The fraction of sp³-hybridized carbons (Fsp3) is 0.625. The van der Waals surface area contributed by atoms with Crippen molar-refractivity contribution in [1.29, 1.82) is 0 Å². The minimum atomic E-state index is 0.0519. The van der Waals surface area contributed by atoms with Crippen molar-refractivity contribution in [1.82, 2.24) is 5.32 Å². The monoisotopic (exact) mass is 205 g/mol. The van der Waals surface area contributed by atoms with Crippen LogP contribution in [-0.4, -0.2) is 29.7 Å². The summed E-state index contributed by atoms with van der Waals surface area (Å²) < 4.78 is 0. The van der Waals surface area contributed by atoms with E-state index in [0.29, 0.717) is 0 Å². The SMILES string of the molecule is C=CSCCSCCNC(C)=O. The van der Waals surface area contributed by atoms with Gasteiger partial charge in [-0.25, -0.2) is 0 Å². The van der Waals surface area contributed by atoms with Gasteiger partial charge in [-0.15, -0.1) is 11.8 Å². The largest absolute Gasteiger partial charge is 0.356 e. The molecule has 0 aromatic carbocycles. The molecule has 0 saturated carbocycles. The van der Waals surface area contributed by atoms with Crippen molar-refractivity contribution in [2.75, 3.05) is 23.8 Å². The van der Waals surface area contributed by atoms with Crippen molar-refractivity contribution in [3.05, 3.63) is 12.0 Å². The summed E-state index contributed by atoms with van der Waals surface area (Å²) in [5.74, 6) is 3.28. The molecule has 0 aliphatic carbocycles. The zero-order chi connectivity index (χ0) is 9.23. The molecule has 0 spiro atoms. The normalized spacial score (nSPS) is 9.42. The van der Waals surface area contributed by atoms with Crippen LogP contribution in [0.2, 0.25) is 0 Å². The third-order valence-electron chi connectivity index (χ3n) is 1.08.